The zero-order valence-electron chi connectivity index (χ0n) is 14.3. The fourth-order valence-corrected chi connectivity index (χ4v) is 3.40. The molecule has 2 aliphatic rings. The van der Waals surface area contributed by atoms with E-state index in [1.807, 2.05) is 12.1 Å². The number of amides is 2. The maximum Gasteiger partial charge on any atom is 0.229 e. The second-order valence-corrected chi connectivity index (χ2v) is 6.33. The van der Waals surface area contributed by atoms with Gasteiger partial charge in [-0.15, -0.1) is 24.0 Å². The standard InChI is InChI=1S/C18H24N4O2.HI/c19-18(20-11-12-22-16(23)9-4-10-17(22)24)21-15-8-3-6-13-5-1-2-7-14(13)15;/h3,6,8H,1-2,4-5,7,9-12H2,(H3,19,20,21);1H. The summed E-state index contributed by atoms with van der Waals surface area (Å²) in [6, 6.07) is 6.22. The summed E-state index contributed by atoms with van der Waals surface area (Å²) in [6.07, 6.45) is 6.14. The average molecular weight is 456 g/mol. The lowest BCUT2D eigenvalue weighted by Gasteiger charge is -2.24. The van der Waals surface area contributed by atoms with Crippen molar-refractivity contribution in [3.05, 3.63) is 29.3 Å². The van der Waals surface area contributed by atoms with Gasteiger partial charge in [0.15, 0.2) is 5.96 Å². The van der Waals surface area contributed by atoms with Crippen LogP contribution in [-0.4, -0.2) is 35.8 Å². The van der Waals surface area contributed by atoms with E-state index < -0.39 is 0 Å². The van der Waals surface area contributed by atoms with Crippen LogP contribution in [0.4, 0.5) is 5.69 Å². The number of guanidine groups is 1. The number of carbonyl (C=O) groups is 2. The van der Waals surface area contributed by atoms with Gasteiger partial charge in [-0.3, -0.25) is 19.5 Å². The summed E-state index contributed by atoms with van der Waals surface area (Å²) < 4.78 is 0. The van der Waals surface area contributed by atoms with E-state index in [1.165, 1.54) is 28.9 Å². The number of nitrogens with zero attached hydrogens (tertiary/aromatic N) is 2. The second-order valence-electron chi connectivity index (χ2n) is 6.33. The molecule has 136 valence electrons. The lowest BCUT2D eigenvalue weighted by Crippen LogP contribution is -2.41. The van der Waals surface area contributed by atoms with Crippen molar-refractivity contribution in [2.45, 2.75) is 44.9 Å². The molecule has 1 aliphatic heterocycles. The van der Waals surface area contributed by atoms with Gasteiger partial charge in [-0.1, -0.05) is 12.1 Å². The first-order valence-electron chi connectivity index (χ1n) is 8.66. The smallest absolute Gasteiger partial charge is 0.229 e. The van der Waals surface area contributed by atoms with Crippen LogP contribution in [0.2, 0.25) is 0 Å². The predicted molar refractivity (Wildman–Crippen MR) is 109 cm³/mol. The van der Waals surface area contributed by atoms with Crippen molar-refractivity contribution < 1.29 is 9.59 Å². The van der Waals surface area contributed by atoms with Crippen LogP contribution in [0.5, 0.6) is 0 Å². The Bertz CT molecular complexity index is 659. The van der Waals surface area contributed by atoms with E-state index in [0.717, 1.165) is 18.5 Å². The number of benzene rings is 1. The van der Waals surface area contributed by atoms with Gasteiger partial charge in [0.1, 0.15) is 0 Å². The van der Waals surface area contributed by atoms with E-state index in [4.69, 9.17) is 5.73 Å². The minimum Gasteiger partial charge on any atom is -0.370 e. The molecule has 0 bridgehead atoms. The third-order valence-corrected chi connectivity index (χ3v) is 4.65. The van der Waals surface area contributed by atoms with Crippen LogP contribution < -0.4 is 11.1 Å². The number of imide groups is 1. The Balaban J connectivity index is 0.00000225. The summed E-state index contributed by atoms with van der Waals surface area (Å²) in [5.41, 5.74) is 9.69. The highest BCUT2D eigenvalue weighted by atomic mass is 127. The van der Waals surface area contributed by atoms with E-state index in [-0.39, 0.29) is 35.8 Å². The van der Waals surface area contributed by atoms with Crippen LogP contribution in [0.3, 0.4) is 0 Å². The molecule has 7 heteroatoms. The van der Waals surface area contributed by atoms with Crippen molar-refractivity contribution in [2.75, 3.05) is 18.4 Å². The largest absolute Gasteiger partial charge is 0.370 e. The molecule has 0 spiro atoms. The Morgan fingerprint density at radius 2 is 1.80 bits per heavy atom. The molecular weight excluding hydrogens is 431 g/mol. The quantitative estimate of drug-likeness (QED) is 0.316. The van der Waals surface area contributed by atoms with Gasteiger partial charge in [-0.05, 0) is 49.3 Å². The number of hydrogen-bond donors (Lipinski definition) is 2. The van der Waals surface area contributed by atoms with E-state index in [9.17, 15) is 9.59 Å². The predicted octanol–water partition coefficient (Wildman–Crippen LogP) is 2.45. The maximum atomic E-state index is 11.7. The number of nitrogens with one attached hydrogen (secondary N) is 1. The highest BCUT2D eigenvalue weighted by Crippen LogP contribution is 2.27. The molecule has 1 fully saturated rings. The van der Waals surface area contributed by atoms with Crippen LogP contribution in [0, 0.1) is 0 Å². The molecule has 0 atom stereocenters. The highest BCUT2D eigenvalue weighted by Gasteiger charge is 2.25. The van der Waals surface area contributed by atoms with Gasteiger partial charge in [-0.25, -0.2) is 0 Å². The number of aryl methyl sites for hydroxylation is 1. The lowest BCUT2D eigenvalue weighted by atomic mass is 9.90. The van der Waals surface area contributed by atoms with Crippen molar-refractivity contribution in [3.63, 3.8) is 0 Å². The molecule has 0 saturated carbocycles. The molecule has 25 heavy (non-hydrogen) atoms. The first-order chi connectivity index (χ1) is 11.6. The first-order valence-corrected chi connectivity index (χ1v) is 8.66. The number of halogens is 1. The zero-order valence-corrected chi connectivity index (χ0v) is 16.6. The summed E-state index contributed by atoms with van der Waals surface area (Å²) in [5, 5.41) is 3.17. The molecular formula is C18H25IN4O2. The number of fused-ring (bicyclic) bond motifs is 1. The SMILES string of the molecule is I.NC(=NCCN1C(=O)CCCC1=O)Nc1cccc2c1CCCC2. The normalized spacial score (nSPS) is 17.8. The number of rotatable bonds is 4. The van der Waals surface area contributed by atoms with Crippen molar-refractivity contribution >= 4 is 47.4 Å². The van der Waals surface area contributed by atoms with Gasteiger partial charge in [0, 0.05) is 25.1 Å². The number of likely N-dealkylation sites (tertiary alicyclic amines) is 1. The van der Waals surface area contributed by atoms with Gasteiger partial charge in [0.05, 0.1) is 6.54 Å². The number of piperidine rings is 1. The summed E-state index contributed by atoms with van der Waals surface area (Å²) in [5.74, 6) is 0.112. The number of anilines is 1. The van der Waals surface area contributed by atoms with E-state index >= 15 is 0 Å². The van der Waals surface area contributed by atoms with Crippen molar-refractivity contribution in [2.24, 2.45) is 10.7 Å². The molecule has 3 rings (SSSR count). The molecule has 1 heterocycles. The number of nitrogens with two attached hydrogens (primary N) is 1. The number of aliphatic imine (C=N–C) groups is 1. The van der Waals surface area contributed by atoms with Gasteiger partial charge in [0.25, 0.3) is 0 Å². The van der Waals surface area contributed by atoms with Crippen molar-refractivity contribution in [1.82, 2.24) is 4.90 Å². The number of carbonyl (C=O) groups excluding carboxylic acids is 2. The highest BCUT2D eigenvalue weighted by molar-refractivity contribution is 14.0. The molecule has 1 saturated heterocycles. The van der Waals surface area contributed by atoms with Crippen LogP contribution in [0.15, 0.2) is 23.2 Å². The molecule has 0 unspecified atom stereocenters. The van der Waals surface area contributed by atoms with Crippen LogP contribution in [0.25, 0.3) is 0 Å². The van der Waals surface area contributed by atoms with E-state index in [1.54, 1.807) is 0 Å². The Labute approximate surface area is 165 Å². The molecule has 1 aromatic rings. The Hall–Kier alpha value is -1.64. The summed E-state index contributed by atoms with van der Waals surface area (Å²) in [4.78, 5) is 29.0. The minimum absolute atomic E-state index is 0. The van der Waals surface area contributed by atoms with Gasteiger partial charge < -0.3 is 11.1 Å². The van der Waals surface area contributed by atoms with Gasteiger partial charge >= 0.3 is 0 Å². The third kappa shape index (κ3) is 4.93. The van der Waals surface area contributed by atoms with E-state index in [2.05, 4.69) is 16.4 Å². The first kappa shape index (κ1) is 19.7. The summed E-state index contributed by atoms with van der Waals surface area (Å²) >= 11 is 0. The molecule has 1 aromatic carbocycles. The molecule has 3 N–H and O–H groups in total. The monoisotopic (exact) mass is 456 g/mol. The van der Waals surface area contributed by atoms with Crippen LogP contribution in [-0.2, 0) is 22.4 Å². The molecule has 6 nitrogen and oxygen atoms in total. The maximum absolute atomic E-state index is 11.7. The molecule has 0 aromatic heterocycles. The molecule has 1 aliphatic carbocycles. The fraction of sp³-hybridized carbons (Fsp3) is 0.500. The van der Waals surface area contributed by atoms with Crippen molar-refractivity contribution in [3.8, 4) is 0 Å². The Morgan fingerprint density at radius 1 is 1.08 bits per heavy atom. The second kappa shape index (κ2) is 9.17. The Kier molecular flexibility index (Phi) is 7.22. The minimum atomic E-state index is -0.106. The van der Waals surface area contributed by atoms with Crippen LogP contribution in [0.1, 0.15) is 43.2 Å². The third-order valence-electron chi connectivity index (χ3n) is 4.65. The zero-order chi connectivity index (χ0) is 16.9. The van der Waals surface area contributed by atoms with Crippen LogP contribution >= 0.6 is 24.0 Å². The summed E-state index contributed by atoms with van der Waals surface area (Å²) in [7, 11) is 0. The van der Waals surface area contributed by atoms with E-state index in [0.29, 0.717) is 38.3 Å². The summed E-state index contributed by atoms with van der Waals surface area (Å²) in [6.45, 7) is 0.623. The van der Waals surface area contributed by atoms with Gasteiger partial charge in [0.2, 0.25) is 11.8 Å². The average Bonchev–Trinajstić information content (AvgIpc) is 2.58. The van der Waals surface area contributed by atoms with Gasteiger partial charge in [-0.2, -0.15) is 0 Å². The molecule has 2 amide bonds. The topological polar surface area (TPSA) is 87.8 Å². The number of hydrogen-bond acceptors (Lipinski definition) is 3. The fourth-order valence-electron chi connectivity index (χ4n) is 3.40. The molecule has 0 radical (unpaired) electrons. The van der Waals surface area contributed by atoms with Crippen molar-refractivity contribution in [1.29, 1.82) is 0 Å². The Morgan fingerprint density at radius 3 is 2.56 bits per heavy atom. The lowest BCUT2D eigenvalue weighted by molar-refractivity contribution is -0.147.